The van der Waals surface area contributed by atoms with Crippen molar-refractivity contribution in [3.8, 4) is 0 Å². The average Bonchev–Trinajstić information content (AvgIpc) is 2.87. The van der Waals surface area contributed by atoms with Gasteiger partial charge >= 0.3 is 0 Å². The topological polar surface area (TPSA) is 55.6 Å². The molecule has 23 heavy (non-hydrogen) atoms. The molecule has 2 aromatic heterocycles. The maximum atomic E-state index is 13.6. The van der Waals surface area contributed by atoms with E-state index >= 15 is 0 Å². The van der Waals surface area contributed by atoms with Crippen molar-refractivity contribution < 1.29 is 4.39 Å². The Bertz CT molecular complexity index is 1010. The minimum absolute atomic E-state index is 0.251. The van der Waals surface area contributed by atoms with Crippen LogP contribution in [0.25, 0.3) is 22.1 Å². The number of para-hydroxylation sites is 1. The van der Waals surface area contributed by atoms with E-state index in [9.17, 15) is 4.39 Å². The van der Waals surface area contributed by atoms with Gasteiger partial charge in [-0.25, -0.2) is 4.39 Å². The highest BCUT2D eigenvalue weighted by atomic mass is 19.1. The molecule has 1 N–H and O–H groups in total. The smallest absolute Gasteiger partial charge is 0.245 e. The molecule has 0 aliphatic carbocycles. The fraction of sp³-hybridized carbons (Fsp3) is 0.118. The first-order valence-electron chi connectivity index (χ1n) is 7.29. The van der Waals surface area contributed by atoms with Gasteiger partial charge in [0.1, 0.15) is 11.3 Å². The lowest BCUT2D eigenvalue weighted by atomic mass is 10.2. The number of halogens is 1. The van der Waals surface area contributed by atoms with Crippen LogP contribution in [-0.4, -0.2) is 19.7 Å². The lowest BCUT2D eigenvalue weighted by Gasteiger charge is -2.05. The summed E-state index contributed by atoms with van der Waals surface area (Å²) in [5.74, 6) is 0.130. The van der Waals surface area contributed by atoms with Crippen LogP contribution in [-0.2, 0) is 13.6 Å². The molecule has 0 fully saturated rings. The third-order valence-corrected chi connectivity index (χ3v) is 3.90. The summed E-state index contributed by atoms with van der Waals surface area (Å²) >= 11 is 0. The minimum atomic E-state index is -0.251. The van der Waals surface area contributed by atoms with E-state index in [1.165, 1.54) is 6.07 Å². The molecule has 0 atom stereocenters. The van der Waals surface area contributed by atoms with Crippen LogP contribution in [0.15, 0.2) is 48.5 Å². The normalized spacial score (nSPS) is 11.2. The average molecular weight is 307 g/mol. The maximum Gasteiger partial charge on any atom is 0.245 e. The van der Waals surface area contributed by atoms with Gasteiger partial charge in [0.05, 0.1) is 5.52 Å². The number of nitrogens with one attached hydrogen (secondary N) is 1. The molecule has 0 radical (unpaired) electrons. The van der Waals surface area contributed by atoms with E-state index < -0.39 is 0 Å². The number of aryl methyl sites for hydroxylation is 1. The van der Waals surface area contributed by atoms with Crippen molar-refractivity contribution in [1.82, 2.24) is 19.7 Å². The van der Waals surface area contributed by atoms with Gasteiger partial charge in [-0.2, -0.15) is 4.98 Å². The molecule has 114 valence electrons. The number of aromatic nitrogens is 4. The van der Waals surface area contributed by atoms with E-state index in [4.69, 9.17) is 0 Å². The molecule has 6 heteroatoms. The summed E-state index contributed by atoms with van der Waals surface area (Å²) in [6, 6.07) is 14.6. The summed E-state index contributed by atoms with van der Waals surface area (Å²) in [7, 11) is 1.94. The SMILES string of the molecule is Cn1c2ccccc2c2nnc(NCc3ccccc3F)nc21. The van der Waals surface area contributed by atoms with Gasteiger partial charge in [-0.05, 0) is 12.1 Å². The Morgan fingerprint density at radius 2 is 1.83 bits per heavy atom. The number of hydrogen-bond donors (Lipinski definition) is 1. The molecular weight excluding hydrogens is 293 g/mol. The first-order chi connectivity index (χ1) is 11.2. The number of benzene rings is 2. The highest BCUT2D eigenvalue weighted by molar-refractivity contribution is 6.04. The molecule has 0 aliphatic rings. The van der Waals surface area contributed by atoms with Crippen LogP contribution in [0.4, 0.5) is 10.3 Å². The number of anilines is 1. The van der Waals surface area contributed by atoms with E-state index in [0.717, 1.165) is 22.1 Å². The quantitative estimate of drug-likeness (QED) is 0.631. The van der Waals surface area contributed by atoms with E-state index in [0.29, 0.717) is 18.1 Å². The van der Waals surface area contributed by atoms with Crippen LogP contribution in [0, 0.1) is 5.82 Å². The summed E-state index contributed by atoms with van der Waals surface area (Å²) in [5.41, 5.74) is 3.13. The fourth-order valence-corrected chi connectivity index (χ4v) is 2.70. The Morgan fingerprint density at radius 3 is 2.70 bits per heavy atom. The fourth-order valence-electron chi connectivity index (χ4n) is 2.70. The highest BCUT2D eigenvalue weighted by Gasteiger charge is 2.12. The Labute approximate surface area is 131 Å². The molecule has 4 aromatic rings. The predicted octanol–water partition coefficient (Wildman–Crippen LogP) is 3.27. The van der Waals surface area contributed by atoms with Gasteiger partial charge in [-0.1, -0.05) is 36.4 Å². The van der Waals surface area contributed by atoms with Gasteiger partial charge in [-0.3, -0.25) is 0 Å². The van der Waals surface area contributed by atoms with E-state index in [1.54, 1.807) is 18.2 Å². The highest BCUT2D eigenvalue weighted by Crippen LogP contribution is 2.24. The van der Waals surface area contributed by atoms with Crippen LogP contribution < -0.4 is 5.32 Å². The maximum absolute atomic E-state index is 13.6. The van der Waals surface area contributed by atoms with Crippen molar-refractivity contribution in [2.45, 2.75) is 6.54 Å². The third-order valence-electron chi connectivity index (χ3n) is 3.90. The zero-order chi connectivity index (χ0) is 15.8. The van der Waals surface area contributed by atoms with Gasteiger partial charge in [-0.15, -0.1) is 10.2 Å². The van der Waals surface area contributed by atoms with Crippen LogP contribution >= 0.6 is 0 Å². The van der Waals surface area contributed by atoms with Crippen molar-refractivity contribution in [3.63, 3.8) is 0 Å². The lowest BCUT2D eigenvalue weighted by molar-refractivity contribution is 0.612. The van der Waals surface area contributed by atoms with Crippen molar-refractivity contribution in [2.75, 3.05) is 5.32 Å². The molecule has 0 spiro atoms. The van der Waals surface area contributed by atoms with Gasteiger partial charge in [0, 0.05) is 24.5 Å². The van der Waals surface area contributed by atoms with Gasteiger partial charge in [0.25, 0.3) is 0 Å². The summed E-state index contributed by atoms with van der Waals surface area (Å²) in [6.07, 6.45) is 0. The van der Waals surface area contributed by atoms with Crippen LogP contribution in [0.2, 0.25) is 0 Å². The molecule has 0 aliphatic heterocycles. The van der Waals surface area contributed by atoms with Crippen molar-refractivity contribution in [1.29, 1.82) is 0 Å². The molecule has 5 nitrogen and oxygen atoms in total. The van der Waals surface area contributed by atoms with Gasteiger partial charge in [0.15, 0.2) is 5.65 Å². The van der Waals surface area contributed by atoms with Crippen molar-refractivity contribution in [2.24, 2.45) is 7.05 Å². The Balaban J connectivity index is 1.70. The molecule has 0 unspecified atom stereocenters. The summed E-state index contributed by atoms with van der Waals surface area (Å²) in [6.45, 7) is 0.309. The zero-order valence-electron chi connectivity index (χ0n) is 12.5. The minimum Gasteiger partial charge on any atom is -0.349 e. The third kappa shape index (κ3) is 2.28. The summed E-state index contributed by atoms with van der Waals surface area (Å²) < 4.78 is 15.6. The molecular formula is C17H14FN5. The van der Waals surface area contributed by atoms with E-state index in [2.05, 4.69) is 20.5 Å². The molecule has 0 amide bonds. The monoisotopic (exact) mass is 307 g/mol. The van der Waals surface area contributed by atoms with Crippen LogP contribution in [0.5, 0.6) is 0 Å². The second-order valence-corrected chi connectivity index (χ2v) is 5.33. The predicted molar refractivity (Wildman–Crippen MR) is 87.5 cm³/mol. The van der Waals surface area contributed by atoms with Gasteiger partial charge < -0.3 is 9.88 Å². The number of hydrogen-bond acceptors (Lipinski definition) is 4. The number of fused-ring (bicyclic) bond motifs is 3. The Kier molecular flexibility index (Phi) is 3.15. The van der Waals surface area contributed by atoms with E-state index in [-0.39, 0.29) is 5.82 Å². The van der Waals surface area contributed by atoms with Crippen LogP contribution in [0.1, 0.15) is 5.56 Å². The van der Waals surface area contributed by atoms with Gasteiger partial charge in [0.2, 0.25) is 5.95 Å². The molecule has 0 saturated carbocycles. The second kappa shape index (κ2) is 5.31. The largest absolute Gasteiger partial charge is 0.349 e. The Hall–Kier alpha value is -3.02. The summed E-state index contributed by atoms with van der Waals surface area (Å²) in [5, 5.41) is 12.4. The number of nitrogens with zero attached hydrogens (tertiary/aromatic N) is 4. The van der Waals surface area contributed by atoms with Crippen molar-refractivity contribution >= 4 is 28.0 Å². The van der Waals surface area contributed by atoms with Crippen LogP contribution in [0.3, 0.4) is 0 Å². The zero-order valence-corrected chi connectivity index (χ0v) is 12.5. The molecule has 0 saturated heterocycles. The second-order valence-electron chi connectivity index (χ2n) is 5.33. The Morgan fingerprint density at radius 1 is 1.04 bits per heavy atom. The van der Waals surface area contributed by atoms with Crippen molar-refractivity contribution in [3.05, 3.63) is 59.9 Å². The molecule has 4 rings (SSSR count). The number of rotatable bonds is 3. The van der Waals surface area contributed by atoms with E-state index in [1.807, 2.05) is 35.9 Å². The molecule has 2 heterocycles. The lowest BCUT2D eigenvalue weighted by Crippen LogP contribution is -2.06. The molecule has 0 bridgehead atoms. The first-order valence-corrected chi connectivity index (χ1v) is 7.29. The molecule has 2 aromatic carbocycles. The standard InChI is InChI=1S/C17H14FN5/c1-23-14-9-5-3-7-12(14)15-16(23)20-17(22-21-15)19-10-11-6-2-4-8-13(11)18/h2-9H,10H2,1H3,(H,19,20,22). The first kappa shape index (κ1) is 13.6. The summed E-state index contributed by atoms with van der Waals surface area (Å²) in [4.78, 5) is 4.51.